The average Bonchev–Trinajstić information content (AvgIpc) is 2.80. The van der Waals surface area contributed by atoms with Crippen LogP contribution in [0.3, 0.4) is 0 Å². The molecule has 160 valence electrons. The normalized spacial score (nSPS) is 14.3. The van der Waals surface area contributed by atoms with Crippen molar-refractivity contribution in [2.24, 2.45) is 0 Å². The van der Waals surface area contributed by atoms with Crippen LogP contribution in [0.1, 0.15) is 19.3 Å². The van der Waals surface area contributed by atoms with Gasteiger partial charge in [-0.25, -0.2) is 8.42 Å². The number of anilines is 2. The van der Waals surface area contributed by atoms with E-state index in [0.29, 0.717) is 11.4 Å². The second kappa shape index (κ2) is 8.68. The van der Waals surface area contributed by atoms with Gasteiger partial charge in [0, 0.05) is 36.5 Å². The number of nitro groups is 1. The number of benzene rings is 2. The van der Waals surface area contributed by atoms with Crippen LogP contribution in [0.4, 0.5) is 17.2 Å². The minimum Gasteiger partial charge on any atom is -0.355 e. The Bertz CT molecular complexity index is 1160. The molecule has 1 N–H and O–H groups in total. The predicted octanol–water partition coefficient (Wildman–Crippen LogP) is 3.84. The summed E-state index contributed by atoms with van der Waals surface area (Å²) in [5, 5.41) is 19.4. The standard InChI is InChI=1S/C21H21N5O4S/c27-26(28)18-8-10-19(11-9-18)31(29,30)24-17-6-4-16(5-7-17)20-12-13-21(23-22-20)25-14-2-1-3-15-25/h4-13,24H,1-3,14-15H2. The van der Waals surface area contributed by atoms with Gasteiger partial charge in [0.25, 0.3) is 15.7 Å². The molecule has 0 amide bonds. The molecule has 0 unspecified atom stereocenters. The fourth-order valence-electron chi connectivity index (χ4n) is 3.44. The van der Waals surface area contributed by atoms with E-state index < -0.39 is 14.9 Å². The molecule has 0 atom stereocenters. The van der Waals surface area contributed by atoms with Crippen molar-refractivity contribution < 1.29 is 13.3 Å². The Morgan fingerprint density at radius 1 is 0.871 bits per heavy atom. The maximum absolute atomic E-state index is 12.5. The highest BCUT2D eigenvalue weighted by atomic mass is 32.2. The van der Waals surface area contributed by atoms with Crippen molar-refractivity contribution in [2.45, 2.75) is 24.2 Å². The van der Waals surface area contributed by atoms with Crippen LogP contribution in [0.2, 0.25) is 0 Å². The molecule has 0 saturated carbocycles. The number of aromatic nitrogens is 2. The summed E-state index contributed by atoms with van der Waals surface area (Å²) < 4.78 is 27.5. The smallest absolute Gasteiger partial charge is 0.269 e. The van der Waals surface area contributed by atoms with E-state index in [1.807, 2.05) is 12.1 Å². The third-order valence-corrected chi connectivity index (χ3v) is 6.52. The molecule has 0 bridgehead atoms. The molecule has 3 aromatic rings. The Balaban J connectivity index is 1.45. The first kappa shape index (κ1) is 20.7. The molecule has 9 nitrogen and oxygen atoms in total. The maximum Gasteiger partial charge on any atom is 0.269 e. The first-order chi connectivity index (χ1) is 14.9. The Morgan fingerprint density at radius 2 is 1.55 bits per heavy atom. The lowest BCUT2D eigenvalue weighted by atomic mass is 10.1. The summed E-state index contributed by atoms with van der Waals surface area (Å²) >= 11 is 0. The number of non-ortho nitro benzene ring substituents is 1. The minimum atomic E-state index is -3.86. The second-order valence-electron chi connectivity index (χ2n) is 7.26. The van der Waals surface area contributed by atoms with Gasteiger partial charge >= 0.3 is 0 Å². The van der Waals surface area contributed by atoms with Gasteiger partial charge in [0.15, 0.2) is 5.82 Å². The molecule has 0 spiro atoms. The van der Waals surface area contributed by atoms with Crippen LogP contribution in [0.5, 0.6) is 0 Å². The number of piperidine rings is 1. The van der Waals surface area contributed by atoms with E-state index in [1.54, 1.807) is 24.3 Å². The lowest BCUT2D eigenvalue weighted by molar-refractivity contribution is -0.384. The molecule has 2 heterocycles. The van der Waals surface area contributed by atoms with Gasteiger partial charge in [-0.3, -0.25) is 14.8 Å². The van der Waals surface area contributed by atoms with Crippen LogP contribution in [0.15, 0.2) is 65.6 Å². The largest absolute Gasteiger partial charge is 0.355 e. The molecule has 31 heavy (non-hydrogen) atoms. The van der Waals surface area contributed by atoms with E-state index in [9.17, 15) is 18.5 Å². The molecule has 2 aromatic carbocycles. The summed E-state index contributed by atoms with van der Waals surface area (Å²) in [5.41, 5.74) is 1.72. The molecule has 1 aliphatic rings. The molecule has 10 heteroatoms. The van der Waals surface area contributed by atoms with Crippen molar-refractivity contribution in [3.05, 3.63) is 70.8 Å². The molecular weight excluding hydrogens is 418 g/mol. The third kappa shape index (κ3) is 4.80. The zero-order valence-corrected chi connectivity index (χ0v) is 17.5. The quantitative estimate of drug-likeness (QED) is 0.458. The van der Waals surface area contributed by atoms with Crippen molar-refractivity contribution in [3.8, 4) is 11.3 Å². The minimum absolute atomic E-state index is 0.0543. The van der Waals surface area contributed by atoms with Crippen LogP contribution < -0.4 is 9.62 Å². The van der Waals surface area contributed by atoms with Gasteiger partial charge in [-0.1, -0.05) is 12.1 Å². The summed E-state index contributed by atoms with van der Waals surface area (Å²) in [7, 11) is -3.86. The summed E-state index contributed by atoms with van der Waals surface area (Å²) in [6.07, 6.45) is 3.59. The highest BCUT2D eigenvalue weighted by molar-refractivity contribution is 7.92. The van der Waals surface area contributed by atoms with Crippen molar-refractivity contribution >= 4 is 27.2 Å². The molecular formula is C21H21N5O4S. The van der Waals surface area contributed by atoms with E-state index in [1.165, 1.54) is 31.4 Å². The fraction of sp³-hybridized carbons (Fsp3) is 0.238. The molecule has 1 aliphatic heterocycles. The number of nitro benzene ring substituents is 1. The van der Waals surface area contributed by atoms with Gasteiger partial charge in [0.1, 0.15) is 0 Å². The van der Waals surface area contributed by atoms with Crippen molar-refractivity contribution in [1.29, 1.82) is 0 Å². The molecule has 4 rings (SSSR count). The van der Waals surface area contributed by atoms with Gasteiger partial charge < -0.3 is 4.90 Å². The van der Waals surface area contributed by atoms with Gasteiger partial charge in [0.2, 0.25) is 0 Å². The van der Waals surface area contributed by atoms with E-state index in [-0.39, 0.29) is 10.6 Å². The maximum atomic E-state index is 12.5. The van der Waals surface area contributed by atoms with E-state index in [0.717, 1.165) is 36.6 Å². The molecule has 1 fully saturated rings. The summed E-state index contributed by atoms with van der Waals surface area (Å²) in [6, 6.07) is 15.4. The van der Waals surface area contributed by atoms with Crippen molar-refractivity contribution in [3.63, 3.8) is 0 Å². The Hall–Kier alpha value is -3.53. The van der Waals surface area contributed by atoms with Crippen molar-refractivity contribution in [1.82, 2.24) is 10.2 Å². The SMILES string of the molecule is O=[N+]([O-])c1ccc(S(=O)(=O)Nc2ccc(-c3ccc(N4CCCCC4)nn3)cc2)cc1. The summed E-state index contributed by atoms with van der Waals surface area (Å²) in [4.78, 5) is 12.3. The average molecular weight is 439 g/mol. The summed E-state index contributed by atoms with van der Waals surface area (Å²) in [5.74, 6) is 0.871. The van der Waals surface area contributed by atoms with Gasteiger partial charge in [-0.05, 0) is 55.7 Å². The van der Waals surface area contributed by atoms with Crippen LogP contribution in [-0.2, 0) is 10.0 Å². The van der Waals surface area contributed by atoms with E-state index in [4.69, 9.17) is 0 Å². The Kier molecular flexibility index (Phi) is 5.81. The fourth-order valence-corrected chi connectivity index (χ4v) is 4.50. The van der Waals surface area contributed by atoms with E-state index >= 15 is 0 Å². The highest BCUT2D eigenvalue weighted by Crippen LogP contribution is 2.24. The van der Waals surface area contributed by atoms with Crippen molar-refractivity contribution in [2.75, 3.05) is 22.7 Å². The van der Waals surface area contributed by atoms with Gasteiger partial charge in [-0.15, -0.1) is 10.2 Å². The molecule has 1 aromatic heterocycles. The number of rotatable bonds is 6. The predicted molar refractivity (Wildman–Crippen MR) is 117 cm³/mol. The van der Waals surface area contributed by atoms with Crippen LogP contribution in [-0.4, -0.2) is 36.6 Å². The lowest BCUT2D eigenvalue weighted by Gasteiger charge is -2.27. The number of sulfonamides is 1. The number of nitrogens with one attached hydrogen (secondary N) is 1. The monoisotopic (exact) mass is 439 g/mol. The first-order valence-electron chi connectivity index (χ1n) is 9.89. The highest BCUT2D eigenvalue weighted by Gasteiger charge is 2.16. The second-order valence-corrected chi connectivity index (χ2v) is 8.94. The number of nitrogens with zero attached hydrogens (tertiary/aromatic N) is 4. The molecule has 1 saturated heterocycles. The topological polar surface area (TPSA) is 118 Å². The lowest BCUT2D eigenvalue weighted by Crippen LogP contribution is -2.30. The number of hydrogen-bond donors (Lipinski definition) is 1. The van der Waals surface area contributed by atoms with Crippen LogP contribution in [0, 0.1) is 10.1 Å². The molecule has 0 radical (unpaired) electrons. The zero-order chi connectivity index (χ0) is 21.8. The van der Waals surface area contributed by atoms with Crippen LogP contribution in [0.25, 0.3) is 11.3 Å². The molecule has 0 aliphatic carbocycles. The zero-order valence-electron chi connectivity index (χ0n) is 16.6. The van der Waals surface area contributed by atoms with Gasteiger partial charge in [-0.2, -0.15) is 0 Å². The first-order valence-corrected chi connectivity index (χ1v) is 11.4. The third-order valence-electron chi connectivity index (χ3n) is 5.12. The Labute approximate surface area is 179 Å². The Morgan fingerprint density at radius 3 is 2.13 bits per heavy atom. The number of hydrogen-bond acceptors (Lipinski definition) is 7. The summed E-state index contributed by atoms with van der Waals surface area (Å²) in [6.45, 7) is 2.00. The van der Waals surface area contributed by atoms with Gasteiger partial charge in [0.05, 0.1) is 15.5 Å². The van der Waals surface area contributed by atoms with Crippen LogP contribution >= 0.6 is 0 Å². The van der Waals surface area contributed by atoms with E-state index in [2.05, 4.69) is 19.8 Å².